The zero-order valence-corrected chi connectivity index (χ0v) is 13.1. The Kier molecular flexibility index (Phi) is 6.62. The van der Waals surface area contributed by atoms with Gasteiger partial charge in [0.15, 0.2) is 0 Å². The van der Waals surface area contributed by atoms with Crippen LogP contribution in [-0.2, 0) is 16.0 Å². The van der Waals surface area contributed by atoms with Crippen LogP contribution in [0, 0.1) is 0 Å². The Bertz CT molecular complexity index is 602. The maximum absolute atomic E-state index is 11.8. The summed E-state index contributed by atoms with van der Waals surface area (Å²) in [5.41, 5.74) is 5.02. The predicted octanol–water partition coefficient (Wildman–Crippen LogP) is 2.17. The maximum Gasteiger partial charge on any atom is 0.244 e. The van der Waals surface area contributed by atoms with Crippen LogP contribution < -0.4 is 10.8 Å². The van der Waals surface area contributed by atoms with E-state index in [0.29, 0.717) is 19.4 Å². The van der Waals surface area contributed by atoms with E-state index in [1.165, 1.54) is 11.3 Å². The average molecular weight is 317 g/mol. The number of allylic oxidation sites excluding steroid dienone is 1. The molecule has 1 heterocycles. The average Bonchev–Trinajstić information content (AvgIpc) is 2.99. The number of nitrogens with one attached hydrogen (secondary N) is 3. The number of amides is 2. The van der Waals surface area contributed by atoms with Crippen LogP contribution in [-0.4, -0.2) is 28.6 Å². The highest BCUT2D eigenvalue weighted by atomic mass is 16.5. The van der Waals surface area contributed by atoms with E-state index in [2.05, 4.69) is 22.5 Å². The van der Waals surface area contributed by atoms with Crippen LogP contribution in [0.3, 0.4) is 0 Å². The number of hydroxylamine groups is 1. The second-order valence-corrected chi connectivity index (χ2v) is 5.55. The molecular weight excluding hydrogens is 294 g/mol. The minimum Gasteiger partial charge on any atom is -0.364 e. The van der Waals surface area contributed by atoms with Gasteiger partial charge >= 0.3 is 0 Å². The number of aryl methyl sites for hydroxylation is 1. The van der Waals surface area contributed by atoms with Crippen LogP contribution in [0.2, 0.25) is 0 Å². The fraction of sp³-hybridized carbons (Fsp3) is 0.412. The van der Waals surface area contributed by atoms with E-state index in [1.807, 2.05) is 12.3 Å². The van der Waals surface area contributed by atoms with Crippen molar-refractivity contribution < 1.29 is 14.8 Å². The van der Waals surface area contributed by atoms with Crippen LogP contribution >= 0.6 is 0 Å². The van der Waals surface area contributed by atoms with Crippen molar-refractivity contribution in [3.63, 3.8) is 0 Å². The van der Waals surface area contributed by atoms with Crippen molar-refractivity contribution in [3.8, 4) is 0 Å². The number of rotatable bonds is 8. The molecule has 0 unspecified atom stereocenters. The van der Waals surface area contributed by atoms with Crippen molar-refractivity contribution >= 4 is 24.0 Å². The van der Waals surface area contributed by atoms with Gasteiger partial charge in [-0.15, -0.1) is 0 Å². The molecule has 2 amide bonds. The Labute approximate surface area is 135 Å². The molecule has 0 saturated carbocycles. The Hall–Kier alpha value is -2.34. The van der Waals surface area contributed by atoms with Gasteiger partial charge in [-0.25, -0.2) is 5.48 Å². The van der Waals surface area contributed by atoms with Gasteiger partial charge in [0.2, 0.25) is 11.8 Å². The number of aromatic nitrogens is 1. The van der Waals surface area contributed by atoms with Gasteiger partial charge in [0, 0.05) is 36.5 Å². The van der Waals surface area contributed by atoms with Gasteiger partial charge in [-0.2, -0.15) is 0 Å². The first-order valence-electron chi connectivity index (χ1n) is 7.96. The third-order valence-electron chi connectivity index (χ3n) is 3.80. The second-order valence-electron chi connectivity index (χ2n) is 5.55. The number of fused-ring (bicyclic) bond motifs is 1. The highest BCUT2D eigenvalue weighted by molar-refractivity contribution is 5.92. The van der Waals surface area contributed by atoms with Gasteiger partial charge in [0.1, 0.15) is 0 Å². The molecule has 4 N–H and O–H groups in total. The lowest BCUT2D eigenvalue weighted by atomic mass is 10.0. The molecule has 0 fully saturated rings. The van der Waals surface area contributed by atoms with Crippen molar-refractivity contribution in [1.29, 1.82) is 0 Å². The highest BCUT2D eigenvalue weighted by Crippen LogP contribution is 2.22. The van der Waals surface area contributed by atoms with E-state index in [0.717, 1.165) is 31.2 Å². The lowest BCUT2D eigenvalue weighted by Gasteiger charge is -2.05. The molecule has 0 spiro atoms. The Morgan fingerprint density at radius 2 is 2.17 bits per heavy atom. The number of hydrogen-bond acceptors (Lipinski definition) is 3. The van der Waals surface area contributed by atoms with Crippen molar-refractivity contribution in [2.75, 3.05) is 6.54 Å². The summed E-state index contributed by atoms with van der Waals surface area (Å²) >= 11 is 0. The lowest BCUT2D eigenvalue weighted by molar-refractivity contribution is -0.129. The minimum atomic E-state index is -0.374. The first-order chi connectivity index (χ1) is 11.2. The zero-order chi connectivity index (χ0) is 16.5. The van der Waals surface area contributed by atoms with Crippen LogP contribution in [0.4, 0.5) is 0 Å². The summed E-state index contributed by atoms with van der Waals surface area (Å²) in [7, 11) is 0. The SMILES string of the molecule is O=C(/C=C/c1c[nH]c2c1C=CCC2)NCCCCCC(=O)NO. The molecule has 6 nitrogen and oxygen atoms in total. The first kappa shape index (κ1) is 17.0. The lowest BCUT2D eigenvalue weighted by Crippen LogP contribution is -2.22. The standard InChI is InChI=1S/C17H23N3O3/c21-16(18-11-5-1-2-8-17(22)20-23)10-9-13-12-19-15-7-4-3-6-14(13)15/h3,6,9-10,12,19,23H,1-2,4-5,7-8,11H2,(H,18,21)(H,20,22)/b10-9+. The smallest absolute Gasteiger partial charge is 0.244 e. The third-order valence-corrected chi connectivity index (χ3v) is 3.80. The first-order valence-corrected chi connectivity index (χ1v) is 7.96. The number of hydrogen-bond donors (Lipinski definition) is 4. The molecule has 0 aliphatic heterocycles. The fourth-order valence-corrected chi connectivity index (χ4v) is 2.54. The van der Waals surface area contributed by atoms with Crippen LogP contribution in [0.1, 0.15) is 48.9 Å². The number of aromatic amines is 1. The van der Waals surface area contributed by atoms with Crippen molar-refractivity contribution in [2.45, 2.75) is 38.5 Å². The highest BCUT2D eigenvalue weighted by Gasteiger charge is 2.09. The molecule has 0 radical (unpaired) electrons. The monoisotopic (exact) mass is 317 g/mol. The minimum absolute atomic E-state index is 0.118. The number of unbranched alkanes of at least 4 members (excludes halogenated alkanes) is 2. The van der Waals surface area contributed by atoms with E-state index in [9.17, 15) is 9.59 Å². The summed E-state index contributed by atoms with van der Waals surface area (Å²) in [6.07, 6.45) is 14.2. The summed E-state index contributed by atoms with van der Waals surface area (Å²) in [5.74, 6) is -0.492. The zero-order valence-electron chi connectivity index (χ0n) is 13.1. The molecule has 1 aliphatic carbocycles. The van der Waals surface area contributed by atoms with E-state index < -0.39 is 0 Å². The molecule has 1 aliphatic rings. The van der Waals surface area contributed by atoms with Gasteiger partial charge < -0.3 is 10.3 Å². The molecular formula is C17H23N3O3. The summed E-state index contributed by atoms with van der Waals surface area (Å²) < 4.78 is 0. The van der Waals surface area contributed by atoms with Crippen molar-refractivity contribution in [2.24, 2.45) is 0 Å². The molecule has 124 valence electrons. The van der Waals surface area contributed by atoms with Crippen LogP contribution in [0.5, 0.6) is 0 Å². The van der Waals surface area contributed by atoms with Gasteiger partial charge in [0.05, 0.1) is 0 Å². The van der Waals surface area contributed by atoms with Gasteiger partial charge in [-0.3, -0.25) is 14.8 Å². The molecule has 0 saturated heterocycles. The normalized spacial score (nSPS) is 13.1. The molecule has 0 atom stereocenters. The molecule has 1 aromatic heterocycles. The number of carbonyl (C=O) groups is 2. The van der Waals surface area contributed by atoms with Crippen molar-refractivity contribution in [3.05, 3.63) is 35.2 Å². The van der Waals surface area contributed by atoms with Crippen LogP contribution in [0.15, 0.2) is 18.3 Å². The van der Waals surface area contributed by atoms with E-state index in [1.54, 1.807) is 11.6 Å². The molecule has 6 heteroatoms. The second kappa shape index (κ2) is 8.95. The van der Waals surface area contributed by atoms with Gasteiger partial charge in [-0.1, -0.05) is 18.6 Å². The Morgan fingerprint density at radius 1 is 1.30 bits per heavy atom. The van der Waals surface area contributed by atoms with Crippen molar-refractivity contribution in [1.82, 2.24) is 15.8 Å². The molecule has 23 heavy (non-hydrogen) atoms. The number of H-pyrrole nitrogens is 1. The number of carbonyl (C=O) groups excluding carboxylic acids is 2. The van der Waals surface area contributed by atoms with E-state index in [-0.39, 0.29) is 11.8 Å². The fourth-order valence-electron chi connectivity index (χ4n) is 2.54. The maximum atomic E-state index is 11.8. The molecule has 0 bridgehead atoms. The molecule has 2 rings (SSSR count). The summed E-state index contributed by atoms with van der Waals surface area (Å²) in [6.45, 7) is 0.578. The van der Waals surface area contributed by atoms with Gasteiger partial charge in [0.25, 0.3) is 0 Å². The van der Waals surface area contributed by atoms with E-state index >= 15 is 0 Å². The Balaban J connectivity index is 1.66. The summed E-state index contributed by atoms with van der Waals surface area (Å²) in [6, 6.07) is 0. The molecule has 0 aromatic carbocycles. The van der Waals surface area contributed by atoms with E-state index in [4.69, 9.17) is 5.21 Å². The predicted molar refractivity (Wildman–Crippen MR) is 88.6 cm³/mol. The topological polar surface area (TPSA) is 94.2 Å². The van der Waals surface area contributed by atoms with Crippen LogP contribution in [0.25, 0.3) is 12.2 Å². The van der Waals surface area contributed by atoms with Gasteiger partial charge in [-0.05, 0) is 37.3 Å². The quantitative estimate of drug-likeness (QED) is 0.256. The summed E-state index contributed by atoms with van der Waals surface area (Å²) in [5, 5.41) is 11.2. The molecule has 1 aromatic rings. The summed E-state index contributed by atoms with van der Waals surface area (Å²) in [4.78, 5) is 25.8. The third kappa shape index (κ3) is 5.41. The largest absolute Gasteiger partial charge is 0.364 e. The Morgan fingerprint density at radius 3 is 3.00 bits per heavy atom.